The molecule has 162 valence electrons. The number of anilines is 3. The molecule has 9 heteroatoms. The number of benzene rings is 2. The highest BCUT2D eigenvalue weighted by atomic mass is 35.5. The summed E-state index contributed by atoms with van der Waals surface area (Å²) in [5, 5.41) is 3.24. The number of hydrogen-bond acceptors (Lipinski definition) is 5. The first-order valence-corrected chi connectivity index (χ1v) is 11.9. The van der Waals surface area contributed by atoms with Crippen molar-refractivity contribution < 1.29 is 17.9 Å². The lowest BCUT2D eigenvalue weighted by atomic mass is 10.2. The zero-order chi connectivity index (χ0) is 21.9. The summed E-state index contributed by atoms with van der Waals surface area (Å²) in [7, 11) is -3.71. The van der Waals surface area contributed by atoms with E-state index in [0.29, 0.717) is 29.6 Å². The Bertz CT molecular complexity index is 1010. The second-order valence-electron chi connectivity index (χ2n) is 7.30. The van der Waals surface area contributed by atoms with Crippen LogP contribution in [0.2, 0.25) is 5.02 Å². The fourth-order valence-corrected chi connectivity index (χ4v) is 4.69. The van der Waals surface area contributed by atoms with Crippen LogP contribution < -0.4 is 14.5 Å². The van der Waals surface area contributed by atoms with Crippen molar-refractivity contribution in [3.63, 3.8) is 0 Å². The van der Waals surface area contributed by atoms with E-state index in [4.69, 9.17) is 16.3 Å². The van der Waals surface area contributed by atoms with Crippen LogP contribution in [0.25, 0.3) is 0 Å². The second-order valence-corrected chi connectivity index (χ2v) is 9.57. The van der Waals surface area contributed by atoms with Crippen LogP contribution in [0.4, 0.5) is 17.1 Å². The molecule has 1 aliphatic heterocycles. The number of nitrogens with zero attached hydrogens (tertiary/aromatic N) is 2. The summed E-state index contributed by atoms with van der Waals surface area (Å²) >= 11 is 6.17. The molecule has 0 spiro atoms. The number of morpholine rings is 1. The maximum Gasteiger partial charge on any atom is 0.247 e. The Kier molecular flexibility index (Phi) is 6.90. The zero-order valence-electron chi connectivity index (χ0n) is 17.3. The molecule has 0 saturated carbocycles. The number of ether oxygens (including phenoxy) is 1. The zero-order valence-corrected chi connectivity index (χ0v) is 18.8. The summed E-state index contributed by atoms with van der Waals surface area (Å²) in [6, 6.07) is 11.4. The normalized spacial score (nSPS) is 15.5. The van der Waals surface area contributed by atoms with Gasteiger partial charge in [0.1, 0.15) is 6.04 Å². The Labute approximate surface area is 182 Å². The number of aryl methyl sites for hydroxylation is 1. The van der Waals surface area contributed by atoms with Crippen LogP contribution in [0.3, 0.4) is 0 Å². The van der Waals surface area contributed by atoms with Gasteiger partial charge in [0.25, 0.3) is 0 Å². The second kappa shape index (κ2) is 9.24. The van der Waals surface area contributed by atoms with E-state index in [1.54, 1.807) is 25.1 Å². The van der Waals surface area contributed by atoms with E-state index in [0.717, 1.165) is 34.9 Å². The van der Waals surface area contributed by atoms with Gasteiger partial charge in [0.15, 0.2) is 0 Å². The summed E-state index contributed by atoms with van der Waals surface area (Å²) in [6.07, 6.45) is 1.07. The fourth-order valence-electron chi connectivity index (χ4n) is 3.35. The monoisotopic (exact) mass is 451 g/mol. The molecule has 1 aliphatic rings. The van der Waals surface area contributed by atoms with E-state index in [-0.39, 0.29) is 0 Å². The molecule has 30 heavy (non-hydrogen) atoms. The highest BCUT2D eigenvalue weighted by Crippen LogP contribution is 2.27. The lowest BCUT2D eigenvalue weighted by Gasteiger charge is -2.29. The molecule has 1 heterocycles. The van der Waals surface area contributed by atoms with Crippen molar-refractivity contribution in [2.24, 2.45) is 0 Å². The van der Waals surface area contributed by atoms with E-state index >= 15 is 0 Å². The number of halogens is 1. The minimum Gasteiger partial charge on any atom is -0.378 e. The van der Waals surface area contributed by atoms with Crippen molar-refractivity contribution in [1.29, 1.82) is 0 Å². The Balaban J connectivity index is 1.76. The van der Waals surface area contributed by atoms with Crippen molar-refractivity contribution >= 4 is 44.6 Å². The molecule has 3 rings (SSSR count). The van der Waals surface area contributed by atoms with Crippen molar-refractivity contribution in [3.8, 4) is 0 Å². The largest absolute Gasteiger partial charge is 0.378 e. The molecule has 1 saturated heterocycles. The molecule has 2 aromatic carbocycles. The summed E-state index contributed by atoms with van der Waals surface area (Å²) in [6.45, 7) is 6.41. The Morgan fingerprint density at radius 2 is 1.80 bits per heavy atom. The van der Waals surface area contributed by atoms with Gasteiger partial charge in [-0.15, -0.1) is 0 Å². The first kappa shape index (κ1) is 22.4. The van der Waals surface area contributed by atoms with Gasteiger partial charge >= 0.3 is 0 Å². The Hall–Kier alpha value is -2.29. The predicted molar refractivity (Wildman–Crippen MR) is 121 cm³/mol. The molecule has 1 fully saturated rings. The van der Waals surface area contributed by atoms with Gasteiger partial charge in [-0.25, -0.2) is 8.42 Å². The Morgan fingerprint density at radius 1 is 1.17 bits per heavy atom. The van der Waals surface area contributed by atoms with E-state index in [9.17, 15) is 13.2 Å². The van der Waals surface area contributed by atoms with Gasteiger partial charge in [-0.1, -0.05) is 17.7 Å². The van der Waals surface area contributed by atoms with E-state index in [1.807, 2.05) is 31.2 Å². The van der Waals surface area contributed by atoms with Crippen LogP contribution in [0.15, 0.2) is 42.5 Å². The summed E-state index contributed by atoms with van der Waals surface area (Å²) in [5.74, 6) is -0.434. The topological polar surface area (TPSA) is 79.0 Å². The maximum absolute atomic E-state index is 12.8. The number of hydrogen-bond donors (Lipinski definition) is 1. The van der Waals surface area contributed by atoms with Crippen LogP contribution >= 0.6 is 11.6 Å². The summed E-state index contributed by atoms with van der Waals surface area (Å²) in [5.41, 5.74) is 2.82. The summed E-state index contributed by atoms with van der Waals surface area (Å²) in [4.78, 5) is 15.0. The first-order valence-electron chi connectivity index (χ1n) is 9.66. The van der Waals surface area contributed by atoms with Crippen LogP contribution in [0.1, 0.15) is 12.5 Å². The van der Waals surface area contributed by atoms with Gasteiger partial charge < -0.3 is 15.0 Å². The third-order valence-corrected chi connectivity index (χ3v) is 6.66. The number of amides is 1. The van der Waals surface area contributed by atoms with Crippen molar-refractivity contribution in [2.75, 3.05) is 47.1 Å². The van der Waals surface area contributed by atoms with E-state index < -0.39 is 22.0 Å². The Morgan fingerprint density at radius 3 is 2.37 bits per heavy atom. The molecule has 0 radical (unpaired) electrons. The lowest BCUT2D eigenvalue weighted by molar-refractivity contribution is -0.116. The summed E-state index contributed by atoms with van der Waals surface area (Å²) < 4.78 is 31.3. The van der Waals surface area contributed by atoms with E-state index in [2.05, 4.69) is 10.2 Å². The quantitative estimate of drug-likeness (QED) is 0.729. The number of carbonyl (C=O) groups excluding carboxylic acids is 1. The van der Waals surface area contributed by atoms with Crippen LogP contribution in [-0.4, -0.2) is 52.9 Å². The standard InChI is InChI=1S/C21H26ClN3O4S/c1-15-4-7-19(14-20(15)22)25(30(3,27)28)16(2)21(26)23-17-5-8-18(9-6-17)24-10-12-29-13-11-24/h4-9,14,16H,10-13H2,1-3H3,(H,23,26). The molecule has 0 aromatic heterocycles. The van der Waals surface area contributed by atoms with Gasteiger partial charge in [-0.05, 0) is 55.8 Å². The van der Waals surface area contributed by atoms with Gasteiger partial charge in [0, 0.05) is 29.5 Å². The third kappa shape index (κ3) is 5.24. The molecule has 1 N–H and O–H groups in total. The molecule has 1 atom stereocenters. The van der Waals surface area contributed by atoms with E-state index in [1.165, 1.54) is 0 Å². The van der Waals surface area contributed by atoms with Crippen molar-refractivity contribution in [2.45, 2.75) is 19.9 Å². The molecular weight excluding hydrogens is 426 g/mol. The van der Waals surface area contributed by atoms with Crippen LogP contribution in [0.5, 0.6) is 0 Å². The van der Waals surface area contributed by atoms with Crippen molar-refractivity contribution in [3.05, 3.63) is 53.1 Å². The third-order valence-electron chi connectivity index (χ3n) is 5.01. The first-order chi connectivity index (χ1) is 14.2. The molecule has 1 amide bonds. The number of nitrogens with one attached hydrogen (secondary N) is 1. The molecule has 2 aromatic rings. The molecule has 7 nitrogen and oxygen atoms in total. The number of sulfonamides is 1. The fraction of sp³-hybridized carbons (Fsp3) is 0.381. The average molecular weight is 452 g/mol. The smallest absolute Gasteiger partial charge is 0.247 e. The lowest BCUT2D eigenvalue weighted by Crippen LogP contribution is -2.45. The van der Waals surface area contributed by atoms with Crippen LogP contribution in [-0.2, 0) is 19.6 Å². The number of rotatable bonds is 6. The van der Waals surface area contributed by atoms with Gasteiger partial charge in [0.2, 0.25) is 15.9 Å². The molecule has 0 bridgehead atoms. The van der Waals surface area contributed by atoms with Crippen LogP contribution in [0, 0.1) is 6.92 Å². The molecule has 0 aliphatic carbocycles. The van der Waals surface area contributed by atoms with Crippen molar-refractivity contribution in [1.82, 2.24) is 0 Å². The SMILES string of the molecule is Cc1ccc(N(C(C)C(=O)Nc2ccc(N3CCOCC3)cc2)S(C)(=O)=O)cc1Cl. The maximum atomic E-state index is 12.8. The van der Waals surface area contributed by atoms with Gasteiger partial charge in [0.05, 0.1) is 25.2 Å². The average Bonchev–Trinajstić information content (AvgIpc) is 2.71. The number of carbonyl (C=O) groups is 1. The molecule has 1 unspecified atom stereocenters. The van der Waals surface area contributed by atoms with Gasteiger partial charge in [-0.2, -0.15) is 0 Å². The minimum atomic E-state index is -3.71. The van der Waals surface area contributed by atoms with Gasteiger partial charge in [-0.3, -0.25) is 9.10 Å². The minimum absolute atomic E-state index is 0.346. The predicted octanol–water partition coefficient (Wildman–Crippen LogP) is 3.28. The molecular formula is C21H26ClN3O4S. The highest BCUT2D eigenvalue weighted by Gasteiger charge is 2.29. The highest BCUT2D eigenvalue weighted by molar-refractivity contribution is 7.92.